The Morgan fingerprint density at radius 2 is 1.28 bits per heavy atom. The summed E-state index contributed by atoms with van der Waals surface area (Å²) in [5.74, 6) is -3.51. The summed E-state index contributed by atoms with van der Waals surface area (Å²) in [6.07, 6.45) is 3.47. The molecule has 0 aliphatic rings. The number of nitrogens with one attached hydrogen (secondary N) is 2. The van der Waals surface area contributed by atoms with Crippen LogP contribution in [0.3, 0.4) is 0 Å². The normalized spacial score (nSPS) is 12.4. The number of amides is 2. The van der Waals surface area contributed by atoms with Gasteiger partial charge in [0, 0.05) is 23.6 Å². The van der Waals surface area contributed by atoms with Gasteiger partial charge in [-0.1, -0.05) is 0 Å². The summed E-state index contributed by atoms with van der Waals surface area (Å²) in [6.45, 7) is 0. The number of methoxy groups -OCH3 is 2. The summed E-state index contributed by atoms with van der Waals surface area (Å²) in [5, 5.41) is 4.78. The van der Waals surface area contributed by atoms with E-state index in [0.29, 0.717) is 0 Å². The Labute approximate surface area is 175 Å². The monoisotopic (exact) mass is 446 g/mol. The Kier molecular flexibility index (Phi) is 10.3. The lowest BCUT2D eigenvalue weighted by Crippen LogP contribution is -2.44. The fourth-order valence-electron chi connectivity index (χ4n) is 2.12. The van der Waals surface area contributed by atoms with E-state index >= 15 is 0 Å². The number of carbonyl (C=O) groups is 4. The first-order chi connectivity index (χ1) is 13.8. The third-order valence-electron chi connectivity index (χ3n) is 3.46. The third-order valence-corrected chi connectivity index (χ3v) is 4.80. The standard InChI is InChI=1S/C17H22N2O8S2/c1-25-16(23)10(7-28-3)18-14(21)12-5-9(20)6-13(27-12)15(22)19-11(8-29-4)17(24)26-2/h5-6,10-11H,7-8H2,1-4H3,(H,18,21)(H,19,22). The minimum absolute atomic E-state index is 0.234. The molecule has 0 aliphatic heterocycles. The van der Waals surface area contributed by atoms with Gasteiger partial charge in [0.1, 0.15) is 12.1 Å². The summed E-state index contributed by atoms with van der Waals surface area (Å²) in [6, 6.07) is -0.149. The molecular formula is C17H22N2O8S2. The van der Waals surface area contributed by atoms with Crippen molar-refractivity contribution >= 4 is 47.3 Å². The van der Waals surface area contributed by atoms with Gasteiger partial charge in [0.2, 0.25) is 0 Å². The molecule has 0 aliphatic carbocycles. The minimum atomic E-state index is -0.962. The molecule has 1 rings (SSSR count). The van der Waals surface area contributed by atoms with Crippen molar-refractivity contribution in [3.05, 3.63) is 33.9 Å². The molecule has 0 spiro atoms. The highest BCUT2D eigenvalue weighted by atomic mass is 32.2. The lowest BCUT2D eigenvalue weighted by atomic mass is 10.2. The van der Waals surface area contributed by atoms with E-state index in [2.05, 4.69) is 20.1 Å². The van der Waals surface area contributed by atoms with Gasteiger partial charge in [-0.15, -0.1) is 0 Å². The van der Waals surface area contributed by atoms with Gasteiger partial charge in [0.15, 0.2) is 16.9 Å². The molecule has 0 radical (unpaired) electrons. The molecule has 0 fully saturated rings. The van der Waals surface area contributed by atoms with Crippen LogP contribution in [0.25, 0.3) is 0 Å². The SMILES string of the molecule is COC(=O)C(CSC)NC(=O)c1cc(=O)cc(C(=O)NC(CSC)C(=O)OC)o1. The van der Waals surface area contributed by atoms with E-state index in [1.807, 2.05) is 0 Å². The Balaban J connectivity index is 3.05. The van der Waals surface area contributed by atoms with Gasteiger partial charge in [-0.3, -0.25) is 14.4 Å². The Morgan fingerprint density at radius 3 is 1.59 bits per heavy atom. The van der Waals surface area contributed by atoms with Gasteiger partial charge in [-0.25, -0.2) is 9.59 Å². The molecule has 2 N–H and O–H groups in total. The van der Waals surface area contributed by atoms with Crippen LogP contribution in [0.2, 0.25) is 0 Å². The molecule has 2 amide bonds. The van der Waals surface area contributed by atoms with E-state index < -0.39 is 52.8 Å². The molecule has 2 atom stereocenters. The van der Waals surface area contributed by atoms with Gasteiger partial charge in [0.25, 0.3) is 11.8 Å². The van der Waals surface area contributed by atoms with Crippen molar-refractivity contribution in [2.75, 3.05) is 38.2 Å². The molecule has 29 heavy (non-hydrogen) atoms. The van der Waals surface area contributed by atoms with E-state index in [0.717, 1.165) is 12.1 Å². The Bertz CT molecular complexity index is 750. The van der Waals surface area contributed by atoms with Crippen molar-refractivity contribution in [2.24, 2.45) is 0 Å². The fourth-order valence-corrected chi connectivity index (χ4v) is 3.22. The van der Waals surface area contributed by atoms with Crippen LogP contribution in [0.15, 0.2) is 21.3 Å². The Morgan fingerprint density at radius 1 is 0.897 bits per heavy atom. The zero-order valence-electron chi connectivity index (χ0n) is 16.3. The Hall–Kier alpha value is -2.47. The summed E-state index contributed by atoms with van der Waals surface area (Å²) >= 11 is 2.60. The van der Waals surface area contributed by atoms with E-state index in [1.165, 1.54) is 37.7 Å². The first-order valence-electron chi connectivity index (χ1n) is 8.17. The molecule has 0 bridgehead atoms. The van der Waals surface area contributed by atoms with Crippen LogP contribution in [0.1, 0.15) is 21.1 Å². The molecule has 1 aromatic heterocycles. The van der Waals surface area contributed by atoms with Crippen LogP contribution in [0.4, 0.5) is 0 Å². The topological polar surface area (TPSA) is 141 Å². The maximum atomic E-state index is 12.4. The van der Waals surface area contributed by atoms with Crippen molar-refractivity contribution in [3.8, 4) is 0 Å². The summed E-state index contributed by atoms with van der Waals surface area (Å²) in [4.78, 5) is 60.2. The van der Waals surface area contributed by atoms with Crippen LogP contribution >= 0.6 is 23.5 Å². The predicted octanol–water partition coefficient (Wildman–Crippen LogP) is -0.0914. The predicted molar refractivity (Wildman–Crippen MR) is 108 cm³/mol. The number of hydrogen-bond acceptors (Lipinski definition) is 10. The minimum Gasteiger partial charge on any atom is -0.467 e. The van der Waals surface area contributed by atoms with Gasteiger partial charge in [0.05, 0.1) is 14.2 Å². The number of ether oxygens (including phenoxy) is 2. The van der Waals surface area contributed by atoms with Gasteiger partial charge in [-0.2, -0.15) is 23.5 Å². The molecule has 160 valence electrons. The number of hydrogen-bond donors (Lipinski definition) is 2. The van der Waals surface area contributed by atoms with Crippen molar-refractivity contribution in [2.45, 2.75) is 12.1 Å². The summed E-state index contributed by atoms with van der Waals surface area (Å²) < 4.78 is 14.5. The quantitative estimate of drug-likeness (QED) is 0.468. The lowest BCUT2D eigenvalue weighted by Gasteiger charge is -2.16. The van der Waals surface area contributed by atoms with E-state index in [4.69, 9.17) is 4.42 Å². The average Bonchev–Trinajstić information content (AvgIpc) is 2.71. The van der Waals surface area contributed by atoms with Crippen molar-refractivity contribution in [3.63, 3.8) is 0 Å². The van der Waals surface area contributed by atoms with E-state index in [9.17, 15) is 24.0 Å². The van der Waals surface area contributed by atoms with Crippen LogP contribution < -0.4 is 16.1 Å². The second-order valence-electron chi connectivity index (χ2n) is 5.53. The second kappa shape index (κ2) is 12.2. The lowest BCUT2D eigenvalue weighted by molar-refractivity contribution is -0.143. The fraction of sp³-hybridized carbons (Fsp3) is 0.471. The third kappa shape index (κ3) is 7.46. The van der Waals surface area contributed by atoms with Gasteiger partial charge >= 0.3 is 11.9 Å². The summed E-state index contributed by atoms with van der Waals surface area (Å²) in [5.41, 5.74) is -0.662. The number of thioether (sulfide) groups is 2. The first-order valence-corrected chi connectivity index (χ1v) is 11.0. The average molecular weight is 447 g/mol. The molecule has 2 unspecified atom stereocenters. The van der Waals surface area contributed by atoms with Crippen LogP contribution in [-0.2, 0) is 19.1 Å². The van der Waals surface area contributed by atoms with Crippen molar-refractivity contribution in [1.82, 2.24) is 10.6 Å². The molecule has 0 saturated heterocycles. The van der Waals surface area contributed by atoms with Crippen LogP contribution in [0, 0.1) is 0 Å². The molecule has 0 saturated carbocycles. The van der Waals surface area contributed by atoms with Crippen LogP contribution in [0.5, 0.6) is 0 Å². The van der Waals surface area contributed by atoms with E-state index in [1.54, 1.807) is 12.5 Å². The molecule has 0 aromatic carbocycles. The highest BCUT2D eigenvalue weighted by Crippen LogP contribution is 2.07. The zero-order chi connectivity index (χ0) is 22.0. The van der Waals surface area contributed by atoms with E-state index in [-0.39, 0.29) is 11.5 Å². The highest BCUT2D eigenvalue weighted by molar-refractivity contribution is 7.98. The molecule has 1 heterocycles. The molecule has 1 aromatic rings. The highest BCUT2D eigenvalue weighted by Gasteiger charge is 2.26. The molecule has 12 heteroatoms. The molecule has 10 nitrogen and oxygen atoms in total. The number of esters is 2. The van der Waals surface area contributed by atoms with Gasteiger partial charge in [-0.05, 0) is 12.5 Å². The van der Waals surface area contributed by atoms with Gasteiger partial charge < -0.3 is 24.5 Å². The van der Waals surface area contributed by atoms with Crippen LogP contribution in [-0.4, -0.2) is 74.1 Å². The zero-order valence-corrected chi connectivity index (χ0v) is 17.9. The summed E-state index contributed by atoms with van der Waals surface area (Å²) in [7, 11) is 2.36. The number of carbonyl (C=O) groups excluding carboxylic acids is 4. The first kappa shape index (κ1) is 24.6. The van der Waals surface area contributed by atoms with Crippen molar-refractivity contribution < 1.29 is 33.1 Å². The molecular weight excluding hydrogens is 424 g/mol. The maximum absolute atomic E-state index is 12.4. The largest absolute Gasteiger partial charge is 0.467 e. The maximum Gasteiger partial charge on any atom is 0.329 e. The van der Waals surface area contributed by atoms with Crippen molar-refractivity contribution in [1.29, 1.82) is 0 Å². The number of rotatable bonds is 10. The second-order valence-corrected chi connectivity index (χ2v) is 7.35. The smallest absolute Gasteiger partial charge is 0.329 e.